The van der Waals surface area contributed by atoms with Crippen LogP contribution < -0.4 is 5.32 Å². The maximum Gasteiger partial charge on any atom is 0.225 e. The molecule has 24 heavy (non-hydrogen) atoms. The summed E-state index contributed by atoms with van der Waals surface area (Å²) in [5.41, 5.74) is 1.29. The summed E-state index contributed by atoms with van der Waals surface area (Å²) < 4.78 is 3.36. The highest BCUT2D eigenvalue weighted by molar-refractivity contribution is 6.33. The second-order valence-corrected chi connectivity index (χ2v) is 6.77. The standard InChI is InChI=1S/C16H17ClN6O/c17-14-12-3-1-2-6-22(12)21-16(14)23-15(11(8-18)9-19-23)20-13(24)7-10-4-5-10/h9-10H,1-7H2,(H,20,24). The first kappa shape index (κ1) is 15.2. The third-order valence-electron chi connectivity index (χ3n) is 4.53. The van der Waals surface area contributed by atoms with Crippen LogP contribution in [-0.4, -0.2) is 25.5 Å². The van der Waals surface area contributed by atoms with Gasteiger partial charge in [0.15, 0.2) is 11.6 Å². The Morgan fingerprint density at radius 2 is 2.29 bits per heavy atom. The van der Waals surface area contributed by atoms with E-state index in [1.807, 2.05) is 4.68 Å². The minimum atomic E-state index is -0.101. The lowest BCUT2D eigenvalue weighted by Crippen LogP contribution is -2.16. The van der Waals surface area contributed by atoms with E-state index in [0.717, 1.165) is 44.3 Å². The van der Waals surface area contributed by atoms with Crippen molar-refractivity contribution in [3.8, 4) is 11.9 Å². The molecule has 4 rings (SSSR count). The van der Waals surface area contributed by atoms with Gasteiger partial charge in [0.05, 0.1) is 11.9 Å². The largest absolute Gasteiger partial charge is 0.309 e. The van der Waals surface area contributed by atoms with Crippen molar-refractivity contribution in [2.45, 2.75) is 45.1 Å². The Balaban J connectivity index is 1.70. The highest BCUT2D eigenvalue weighted by atomic mass is 35.5. The molecule has 8 heteroatoms. The summed E-state index contributed by atoms with van der Waals surface area (Å²) in [5, 5.41) is 21.4. The first-order valence-electron chi connectivity index (χ1n) is 8.21. The molecule has 1 fully saturated rings. The number of nitrogens with one attached hydrogen (secondary N) is 1. The number of hydrogen-bond acceptors (Lipinski definition) is 4. The summed E-state index contributed by atoms with van der Waals surface area (Å²) in [6.45, 7) is 0.824. The van der Waals surface area contributed by atoms with Gasteiger partial charge in [-0.2, -0.15) is 20.1 Å². The Labute approximate surface area is 144 Å². The Morgan fingerprint density at radius 1 is 1.46 bits per heavy atom. The molecule has 2 aromatic heterocycles. The highest BCUT2D eigenvalue weighted by Gasteiger charge is 2.27. The summed E-state index contributed by atoms with van der Waals surface area (Å²) in [7, 11) is 0. The summed E-state index contributed by atoms with van der Waals surface area (Å²) >= 11 is 6.49. The van der Waals surface area contributed by atoms with Crippen LogP contribution in [0.1, 0.15) is 43.4 Å². The Bertz CT molecular complexity index is 842. The van der Waals surface area contributed by atoms with Gasteiger partial charge < -0.3 is 5.32 Å². The number of rotatable bonds is 4. The van der Waals surface area contributed by atoms with Gasteiger partial charge in [0.1, 0.15) is 16.7 Å². The number of aromatic nitrogens is 4. The molecule has 1 aliphatic carbocycles. The van der Waals surface area contributed by atoms with E-state index >= 15 is 0 Å². The Hall–Kier alpha value is -2.33. The average Bonchev–Trinajstić information content (AvgIpc) is 3.21. The molecule has 3 heterocycles. The smallest absolute Gasteiger partial charge is 0.225 e. The second kappa shape index (κ2) is 5.95. The van der Waals surface area contributed by atoms with Crippen LogP contribution in [0.25, 0.3) is 5.82 Å². The fourth-order valence-corrected chi connectivity index (χ4v) is 3.36. The molecule has 0 saturated heterocycles. The normalized spacial score (nSPS) is 16.5. The number of halogens is 1. The van der Waals surface area contributed by atoms with Gasteiger partial charge in [-0.15, -0.1) is 0 Å². The lowest BCUT2D eigenvalue weighted by molar-refractivity contribution is -0.116. The number of carbonyl (C=O) groups is 1. The molecule has 124 valence electrons. The number of nitrogens with zero attached hydrogens (tertiary/aromatic N) is 5. The van der Waals surface area contributed by atoms with Crippen molar-refractivity contribution < 1.29 is 4.79 Å². The van der Waals surface area contributed by atoms with Crippen molar-refractivity contribution in [1.82, 2.24) is 19.6 Å². The molecule has 0 atom stereocenters. The predicted octanol–water partition coefficient (Wildman–Crippen LogP) is 2.67. The molecule has 1 aliphatic heterocycles. The topological polar surface area (TPSA) is 88.5 Å². The average molecular weight is 345 g/mol. The van der Waals surface area contributed by atoms with Crippen LogP contribution in [0.3, 0.4) is 0 Å². The van der Waals surface area contributed by atoms with E-state index in [9.17, 15) is 10.1 Å². The van der Waals surface area contributed by atoms with E-state index in [4.69, 9.17) is 11.6 Å². The summed E-state index contributed by atoms with van der Waals surface area (Å²) in [5.74, 6) is 1.18. The van der Waals surface area contributed by atoms with Crippen LogP contribution in [-0.2, 0) is 17.8 Å². The monoisotopic (exact) mass is 344 g/mol. The molecular formula is C16H17ClN6O. The van der Waals surface area contributed by atoms with Gasteiger partial charge in [-0.25, -0.2) is 0 Å². The van der Waals surface area contributed by atoms with Crippen LogP contribution in [0.2, 0.25) is 5.02 Å². The van der Waals surface area contributed by atoms with Crippen molar-refractivity contribution in [2.24, 2.45) is 5.92 Å². The third-order valence-corrected chi connectivity index (χ3v) is 4.92. The van der Waals surface area contributed by atoms with E-state index < -0.39 is 0 Å². The summed E-state index contributed by atoms with van der Waals surface area (Å²) in [6, 6.07) is 2.07. The molecule has 1 amide bonds. The van der Waals surface area contributed by atoms with Crippen LogP contribution >= 0.6 is 11.6 Å². The molecule has 7 nitrogen and oxygen atoms in total. The zero-order valence-electron chi connectivity index (χ0n) is 13.1. The number of nitriles is 1. The van der Waals surface area contributed by atoms with E-state index in [2.05, 4.69) is 21.6 Å². The van der Waals surface area contributed by atoms with E-state index in [1.165, 1.54) is 10.9 Å². The van der Waals surface area contributed by atoms with Crippen LogP contribution in [0, 0.1) is 17.2 Å². The van der Waals surface area contributed by atoms with Crippen LogP contribution in [0.15, 0.2) is 6.20 Å². The van der Waals surface area contributed by atoms with Crippen molar-refractivity contribution >= 4 is 23.3 Å². The minimum absolute atomic E-state index is 0.101. The lowest BCUT2D eigenvalue weighted by Gasteiger charge is -2.12. The number of amides is 1. The molecule has 0 spiro atoms. The summed E-state index contributed by atoms with van der Waals surface area (Å²) in [4.78, 5) is 12.2. The van der Waals surface area contributed by atoms with E-state index in [-0.39, 0.29) is 5.91 Å². The van der Waals surface area contributed by atoms with Gasteiger partial charge in [0, 0.05) is 13.0 Å². The van der Waals surface area contributed by atoms with E-state index in [1.54, 1.807) is 0 Å². The molecule has 1 saturated carbocycles. The highest BCUT2D eigenvalue weighted by Crippen LogP contribution is 2.34. The van der Waals surface area contributed by atoms with Crippen molar-refractivity contribution in [3.05, 3.63) is 22.5 Å². The maximum absolute atomic E-state index is 12.2. The fraction of sp³-hybridized carbons (Fsp3) is 0.500. The first-order valence-corrected chi connectivity index (χ1v) is 8.58. The SMILES string of the molecule is N#Cc1cnn(-c2nn3c(c2Cl)CCCC3)c1NC(=O)CC1CC1. The lowest BCUT2D eigenvalue weighted by atomic mass is 10.1. The number of anilines is 1. The van der Waals surface area contributed by atoms with Gasteiger partial charge >= 0.3 is 0 Å². The van der Waals surface area contributed by atoms with Gasteiger partial charge in [-0.1, -0.05) is 11.6 Å². The third kappa shape index (κ3) is 2.67. The first-order chi connectivity index (χ1) is 11.7. The molecule has 0 radical (unpaired) electrons. The quantitative estimate of drug-likeness (QED) is 0.923. The second-order valence-electron chi connectivity index (χ2n) is 6.39. The molecule has 0 bridgehead atoms. The number of aryl methyl sites for hydroxylation is 1. The molecule has 1 N–H and O–H groups in total. The molecule has 2 aromatic rings. The van der Waals surface area contributed by atoms with Gasteiger partial charge in [-0.3, -0.25) is 9.48 Å². The fourth-order valence-electron chi connectivity index (χ4n) is 3.05. The molecular weight excluding hydrogens is 328 g/mol. The van der Waals surface area contributed by atoms with Crippen LogP contribution in [0.4, 0.5) is 5.82 Å². The zero-order chi connectivity index (χ0) is 16.7. The van der Waals surface area contributed by atoms with Gasteiger partial charge in [0.25, 0.3) is 0 Å². The molecule has 0 unspecified atom stereocenters. The van der Waals surface area contributed by atoms with Crippen molar-refractivity contribution in [1.29, 1.82) is 5.26 Å². The van der Waals surface area contributed by atoms with E-state index in [0.29, 0.717) is 34.6 Å². The van der Waals surface area contributed by atoms with Gasteiger partial charge in [-0.05, 0) is 38.0 Å². The molecule has 2 aliphatic rings. The molecule has 0 aromatic carbocycles. The minimum Gasteiger partial charge on any atom is -0.309 e. The zero-order valence-corrected chi connectivity index (χ0v) is 13.9. The Kier molecular flexibility index (Phi) is 3.77. The van der Waals surface area contributed by atoms with Crippen molar-refractivity contribution in [2.75, 3.05) is 5.32 Å². The predicted molar refractivity (Wildman–Crippen MR) is 88.0 cm³/mol. The number of hydrogen-bond donors (Lipinski definition) is 1. The maximum atomic E-state index is 12.2. The van der Waals surface area contributed by atoms with Crippen molar-refractivity contribution in [3.63, 3.8) is 0 Å². The Morgan fingerprint density at radius 3 is 3.00 bits per heavy atom. The summed E-state index contributed by atoms with van der Waals surface area (Å²) in [6.07, 6.45) is 7.12. The van der Waals surface area contributed by atoms with Crippen LogP contribution in [0.5, 0.6) is 0 Å². The van der Waals surface area contributed by atoms with Gasteiger partial charge in [0.2, 0.25) is 5.91 Å². The number of fused-ring (bicyclic) bond motifs is 1. The number of carbonyl (C=O) groups excluding carboxylic acids is 1.